The summed E-state index contributed by atoms with van der Waals surface area (Å²) in [5, 5.41) is 10.3. The predicted octanol–water partition coefficient (Wildman–Crippen LogP) is 0.474. The summed E-state index contributed by atoms with van der Waals surface area (Å²) in [5.74, 6) is -0.136. The molecule has 0 radical (unpaired) electrons. The minimum Gasteiger partial charge on any atom is -0.374 e. The van der Waals surface area contributed by atoms with Crippen LogP contribution >= 0.6 is 12.4 Å². The standard InChI is InChI=1S/C13H16N4O2.ClH/c18-13(15-9-11-8-14-6-7-19-11)12-3-1-2-10-4-5-16-17(10)12;/h1-5,11,14H,6-9H2,(H,15,18);1H. The number of aromatic nitrogens is 2. The molecule has 0 aromatic carbocycles. The van der Waals surface area contributed by atoms with Crippen molar-refractivity contribution in [1.82, 2.24) is 20.2 Å². The van der Waals surface area contributed by atoms with Crippen molar-refractivity contribution < 1.29 is 9.53 Å². The van der Waals surface area contributed by atoms with Gasteiger partial charge in [0, 0.05) is 19.6 Å². The number of ether oxygens (including phenoxy) is 1. The monoisotopic (exact) mass is 296 g/mol. The molecule has 2 aromatic heterocycles. The highest BCUT2D eigenvalue weighted by Gasteiger charge is 2.16. The Balaban J connectivity index is 0.00000147. The first kappa shape index (κ1) is 14.8. The Bertz CT molecular complexity index is 581. The molecule has 108 valence electrons. The van der Waals surface area contributed by atoms with Crippen molar-refractivity contribution >= 4 is 23.8 Å². The molecule has 2 N–H and O–H groups in total. The number of amides is 1. The first-order valence-electron chi connectivity index (χ1n) is 6.38. The molecule has 6 nitrogen and oxygen atoms in total. The molecule has 1 aliphatic heterocycles. The number of carbonyl (C=O) groups excluding carboxylic acids is 1. The summed E-state index contributed by atoms with van der Waals surface area (Å²) in [6.07, 6.45) is 1.72. The number of morpholine rings is 1. The van der Waals surface area contributed by atoms with Crippen LogP contribution in [0.15, 0.2) is 30.5 Å². The van der Waals surface area contributed by atoms with Gasteiger partial charge in [0.15, 0.2) is 0 Å². The maximum Gasteiger partial charge on any atom is 0.270 e. The van der Waals surface area contributed by atoms with Crippen molar-refractivity contribution in [1.29, 1.82) is 0 Å². The summed E-state index contributed by atoms with van der Waals surface area (Å²) in [7, 11) is 0. The van der Waals surface area contributed by atoms with Crippen LogP contribution in [0.2, 0.25) is 0 Å². The van der Waals surface area contributed by atoms with Gasteiger partial charge in [-0.1, -0.05) is 6.07 Å². The zero-order chi connectivity index (χ0) is 13.1. The van der Waals surface area contributed by atoms with E-state index in [9.17, 15) is 4.79 Å². The van der Waals surface area contributed by atoms with Gasteiger partial charge in [0.25, 0.3) is 5.91 Å². The molecule has 20 heavy (non-hydrogen) atoms. The summed E-state index contributed by atoms with van der Waals surface area (Å²) >= 11 is 0. The van der Waals surface area contributed by atoms with Crippen molar-refractivity contribution in [2.24, 2.45) is 0 Å². The fourth-order valence-electron chi connectivity index (χ4n) is 2.17. The second kappa shape index (κ2) is 6.69. The van der Waals surface area contributed by atoms with Gasteiger partial charge in [0.05, 0.1) is 24.4 Å². The van der Waals surface area contributed by atoms with Gasteiger partial charge >= 0.3 is 0 Å². The van der Waals surface area contributed by atoms with Crippen molar-refractivity contribution in [2.45, 2.75) is 6.10 Å². The van der Waals surface area contributed by atoms with E-state index in [1.807, 2.05) is 18.2 Å². The molecule has 1 aliphatic rings. The Morgan fingerprint density at radius 2 is 2.40 bits per heavy atom. The van der Waals surface area contributed by atoms with Crippen LogP contribution in [0.5, 0.6) is 0 Å². The number of halogens is 1. The summed E-state index contributed by atoms with van der Waals surface area (Å²) in [4.78, 5) is 12.2. The number of carbonyl (C=O) groups is 1. The number of rotatable bonds is 3. The SMILES string of the molecule is Cl.O=C(NCC1CNCCO1)c1cccc2ccnn12. The zero-order valence-corrected chi connectivity index (χ0v) is 11.7. The first-order chi connectivity index (χ1) is 9.34. The molecule has 0 spiro atoms. The molecular weight excluding hydrogens is 280 g/mol. The molecule has 0 saturated carbocycles. The van der Waals surface area contributed by atoms with Crippen LogP contribution in [0.3, 0.4) is 0 Å². The highest BCUT2D eigenvalue weighted by molar-refractivity contribution is 5.93. The van der Waals surface area contributed by atoms with Crippen LogP contribution in [0, 0.1) is 0 Å². The minimum absolute atomic E-state index is 0. The van der Waals surface area contributed by atoms with Gasteiger partial charge in [0.1, 0.15) is 5.69 Å². The molecule has 1 atom stereocenters. The Hall–Kier alpha value is -1.63. The molecule has 3 heterocycles. The van der Waals surface area contributed by atoms with Crippen molar-refractivity contribution in [2.75, 3.05) is 26.2 Å². The maximum absolute atomic E-state index is 12.2. The summed E-state index contributed by atoms with van der Waals surface area (Å²) in [6, 6.07) is 7.39. The average molecular weight is 297 g/mol. The van der Waals surface area contributed by atoms with Gasteiger partial charge in [-0.3, -0.25) is 4.79 Å². The number of pyridine rings is 1. The van der Waals surface area contributed by atoms with Crippen LogP contribution < -0.4 is 10.6 Å². The highest BCUT2D eigenvalue weighted by Crippen LogP contribution is 2.06. The molecule has 2 aromatic rings. The number of nitrogens with one attached hydrogen (secondary N) is 2. The minimum atomic E-state index is -0.136. The van der Waals surface area contributed by atoms with Gasteiger partial charge in [-0.05, 0) is 18.2 Å². The third kappa shape index (κ3) is 3.09. The van der Waals surface area contributed by atoms with Gasteiger partial charge in [-0.2, -0.15) is 5.10 Å². The Kier molecular flexibility index (Phi) is 4.94. The number of hydrogen-bond donors (Lipinski definition) is 2. The van der Waals surface area contributed by atoms with Crippen LogP contribution in [0.1, 0.15) is 10.5 Å². The van der Waals surface area contributed by atoms with Crippen molar-refractivity contribution in [3.63, 3.8) is 0 Å². The lowest BCUT2D eigenvalue weighted by Crippen LogP contribution is -2.45. The van der Waals surface area contributed by atoms with E-state index in [1.165, 1.54) is 0 Å². The lowest BCUT2D eigenvalue weighted by atomic mass is 10.2. The van der Waals surface area contributed by atoms with Crippen molar-refractivity contribution in [3.05, 3.63) is 36.2 Å². The van der Waals surface area contributed by atoms with Gasteiger partial charge in [0.2, 0.25) is 0 Å². The van der Waals surface area contributed by atoms with E-state index in [0.717, 1.165) is 18.6 Å². The second-order valence-corrected chi connectivity index (χ2v) is 4.49. The van der Waals surface area contributed by atoms with E-state index >= 15 is 0 Å². The number of nitrogens with zero attached hydrogens (tertiary/aromatic N) is 2. The largest absolute Gasteiger partial charge is 0.374 e. The lowest BCUT2D eigenvalue weighted by molar-refractivity contribution is 0.0286. The van der Waals surface area contributed by atoms with E-state index in [0.29, 0.717) is 18.8 Å². The number of hydrogen-bond acceptors (Lipinski definition) is 4. The fourth-order valence-corrected chi connectivity index (χ4v) is 2.17. The highest BCUT2D eigenvalue weighted by atomic mass is 35.5. The van der Waals surface area contributed by atoms with Gasteiger partial charge in [-0.25, -0.2) is 4.52 Å². The normalized spacial score (nSPS) is 18.5. The van der Waals surface area contributed by atoms with Crippen LogP contribution in [0.25, 0.3) is 5.52 Å². The third-order valence-corrected chi connectivity index (χ3v) is 3.15. The van der Waals surface area contributed by atoms with E-state index in [2.05, 4.69) is 15.7 Å². The Labute approximate surface area is 122 Å². The van der Waals surface area contributed by atoms with E-state index in [4.69, 9.17) is 4.74 Å². The maximum atomic E-state index is 12.2. The lowest BCUT2D eigenvalue weighted by Gasteiger charge is -2.23. The van der Waals surface area contributed by atoms with Crippen LogP contribution in [-0.4, -0.2) is 47.9 Å². The summed E-state index contributed by atoms with van der Waals surface area (Å²) in [6.45, 7) is 2.84. The molecule has 7 heteroatoms. The topological polar surface area (TPSA) is 67.7 Å². The molecular formula is C13H17ClN4O2. The van der Waals surface area contributed by atoms with Crippen LogP contribution in [0.4, 0.5) is 0 Å². The molecule has 0 aliphatic carbocycles. The zero-order valence-electron chi connectivity index (χ0n) is 10.9. The average Bonchev–Trinajstić information content (AvgIpc) is 2.94. The molecule has 0 bridgehead atoms. The summed E-state index contributed by atoms with van der Waals surface area (Å²) in [5.41, 5.74) is 1.44. The Morgan fingerprint density at radius 3 is 3.20 bits per heavy atom. The smallest absolute Gasteiger partial charge is 0.270 e. The van der Waals surface area contributed by atoms with E-state index < -0.39 is 0 Å². The Morgan fingerprint density at radius 1 is 1.50 bits per heavy atom. The van der Waals surface area contributed by atoms with Crippen molar-refractivity contribution in [3.8, 4) is 0 Å². The quantitative estimate of drug-likeness (QED) is 0.864. The molecule has 1 saturated heterocycles. The van der Waals surface area contributed by atoms with E-state index in [-0.39, 0.29) is 24.4 Å². The summed E-state index contributed by atoms with van der Waals surface area (Å²) < 4.78 is 7.17. The van der Waals surface area contributed by atoms with Gasteiger partial charge < -0.3 is 15.4 Å². The first-order valence-corrected chi connectivity index (χ1v) is 6.38. The van der Waals surface area contributed by atoms with Gasteiger partial charge in [-0.15, -0.1) is 12.4 Å². The third-order valence-electron chi connectivity index (χ3n) is 3.15. The molecule has 3 rings (SSSR count). The number of fused-ring (bicyclic) bond motifs is 1. The fraction of sp³-hybridized carbons (Fsp3) is 0.385. The second-order valence-electron chi connectivity index (χ2n) is 4.49. The molecule has 1 amide bonds. The van der Waals surface area contributed by atoms with E-state index in [1.54, 1.807) is 16.8 Å². The predicted molar refractivity (Wildman–Crippen MR) is 77.4 cm³/mol. The molecule has 1 unspecified atom stereocenters. The molecule has 1 fully saturated rings. The van der Waals surface area contributed by atoms with Crippen LogP contribution in [-0.2, 0) is 4.74 Å².